The van der Waals surface area contributed by atoms with E-state index in [4.69, 9.17) is 5.73 Å². The van der Waals surface area contributed by atoms with Crippen LogP contribution in [0.1, 0.15) is 47.0 Å². The summed E-state index contributed by atoms with van der Waals surface area (Å²) in [5, 5.41) is 3.51. The lowest BCUT2D eigenvalue weighted by atomic mass is 9.91. The highest BCUT2D eigenvalue weighted by Gasteiger charge is 2.36. The van der Waals surface area contributed by atoms with Gasteiger partial charge >= 0.3 is 0 Å². The maximum atomic E-state index is 10.8. The highest BCUT2D eigenvalue weighted by molar-refractivity contribution is 5.74. The number of rotatable bonds is 4. The highest BCUT2D eigenvalue weighted by atomic mass is 16.1. The van der Waals surface area contributed by atoms with Crippen molar-refractivity contribution in [3.8, 4) is 0 Å². The molecular weight excluding hydrogens is 188 g/mol. The first-order chi connectivity index (χ1) is 6.80. The van der Waals surface area contributed by atoms with E-state index in [1.165, 1.54) is 12.8 Å². The summed E-state index contributed by atoms with van der Waals surface area (Å²) >= 11 is 0. The van der Waals surface area contributed by atoms with Crippen molar-refractivity contribution in [1.82, 2.24) is 5.32 Å². The van der Waals surface area contributed by atoms with Gasteiger partial charge in [0.15, 0.2) is 0 Å². The Hall–Kier alpha value is -0.570. The Morgan fingerprint density at radius 3 is 2.53 bits per heavy atom. The van der Waals surface area contributed by atoms with E-state index >= 15 is 0 Å². The second kappa shape index (κ2) is 4.52. The average molecular weight is 212 g/mol. The predicted molar refractivity (Wildman–Crippen MR) is 62.4 cm³/mol. The van der Waals surface area contributed by atoms with Gasteiger partial charge in [-0.3, -0.25) is 4.79 Å². The number of nitrogens with two attached hydrogens (primary N) is 1. The minimum Gasteiger partial charge on any atom is -0.370 e. The number of nitrogens with one attached hydrogen (secondary N) is 1. The van der Waals surface area contributed by atoms with Crippen LogP contribution in [0.2, 0.25) is 0 Å². The molecule has 88 valence electrons. The highest BCUT2D eigenvalue weighted by Crippen LogP contribution is 2.40. The van der Waals surface area contributed by atoms with E-state index < -0.39 is 0 Å². The maximum absolute atomic E-state index is 10.8. The van der Waals surface area contributed by atoms with Crippen molar-refractivity contribution in [2.24, 2.45) is 17.1 Å². The number of primary amides is 1. The molecule has 0 aromatic rings. The first kappa shape index (κ1) is 12.5. The number of hydrogen-bond acceptors (Lipinski definition) is 2. The van der Waals surface area contributed by atoms with Crippen molar-refractivity contribution in [1.29, 1.82) is 0 Å². The topological polar surface area (TPSA) is 55.1 Å². The standard InChI is InChI=1S/C12H24N2O/c1-8-6-12(3,4)7-10(8)14-9(2)5-11(13)15/h8-10,14H,5-7H2,1-4H3,(H2,13,15). The van der Waals surface area contributed by atoms with Crippen LogP contribution in [0.15, 0.2) is 0 Å². The molecule has 1 amide bonds. The molecule has 1 aliphatic carbocycles. The van der Waals surface area contributed by atoms with Gasteiger partial charge in [0, 0.05) is 18.5 Å². The Kier molecular flexibility index (Phi) is 3.77. The first-order valence-electron chi connectivity index (χ1n) is 5.84. The molecule has 3 unspecified atom stereocenters. The first-order valence-corrected chi connectivity index (χ1v) is 5.84. The Balaban J connectivity index is 2.42. The number of amides is 1. The molecule has 1 saturated carbocycles. The lowest BCUT2D eigenvalue weighted by Gasteiger charge is -2.22. The molecule has 1 rings (SSSR count). The zero-order valence-corrected chi connectivity index (χ0v) is 10.3. The molecule has 0 spiro atoms. The summed E-state index contributed by atoms with van der Waals surface area (Å²) in [7, 11) is 0. The third-order valence-electron chi connectivity index (χ3n) is 3.34. The minimum absolute atomic E-state index is 0.198. The Morgan fingerprint density at radius 2 is 2.13 bits per heavy atom. The van der Waals surface area contributed by atoms with Gasteiger partial charge in [0.25, 0.3) is 0 Å². The van der Waals surface area contributed by atoms with E-state index in [1.54, 1.807) is 0 Å². The van der Waals surface area contributed by atoms with Gasteiger partial charge in [0.05, 0.1) is 0 Å². The van der Waals surface area contributed by atoms with Crippen LogP contribution in [-0.2, 0) is 4.79 Å². The average Bonchev–Trinajstić information content (AvgIpc) is 2.22. The van der Waals surface area contributed by atoms with Crippen LogP contribution < -0.4 is 11.1 Å². The van der Waals surface area contributed by atoms with Gasteiger partial charge in [-0.25, -0.2) is 0 Å². The van der Waals surface area contributed by atoms with Crippen molar-refractivity contribution < 1.29 is 4.79 Å². The lowest BCUT2D eigenvalue weighted by Crippen LogP contribution is -2.40. The molecule has 1 fully saturated rings. The van der Waals surface area contributed by atoms with Crippen molar-refractivity contribution in [2.75, 3.05) is 0 Å². The number of carbonyl (C=O) groups excluding carboxylic acids is 1. The van der Waals surface area contributed by atoms with Crippen molar-refractivity contribution >= 4 is 5.91 Å². The third kappa shape index (κ3) is 3.82. The Labute approximate surface area is 92.8 Å². The van der Waals surface area contributed by atoms with E-state index in [2.05, 4.69) is 26.1 Å². The molecule has 15 heavy (non-hydrogen) atoms. The zero-order chi connectivity index (χ0) is 11.6. The second-order valence-corrected chi connectivity index (χ2v) is 5.89. The molecule has 0 aromatic carbocycles. The molecule has 0 radical (unpaired) electrons. The summed E-state index contributed by atoms with van der Waals surface area (Å²) in [5.74, 6) is 0.468. The van der Waals surface area contributed by atoms with Crippen LogP contribution >= 0.6 is 0 Å². The molecule has 0 saturated heterocycles. The minimum atomic E-state index is -0.222. The van der Waals surface area contributed by atoms with E-state index in [-0.39, 0.29) is 11.9 Å². The van der Waals surface area contributed by atoms with Crippen LogP contribution in [0.3, 0.4) is 0 Å². The number of carbonyl (C=O) groups is 1. The molecule has 3 heteroatoms. The van der Waals surface area contributed by atoms with Crippen LogP contribution in [0.4, 0.5) is 0 Å². The second-order valence-electron chi connectivity index (χ2n) is 5.89. The molecule has 3 N–H and O–H groups in total. The quantitative estimate of drug-likeness (QED) is 0.744. The van der Waals surface area contributed by atoms with Gasteiger partial charge in [0.2, 0.25) is 5.91 Å². The molecule has 0 aliphatic heterocycles. The molecule has 1 aliphatic rings. The molecule has 0 aromatic heterocycles. The van der Waals surface area contributed by atoms with Crippen molar-refractivity contribution in [3.63, 3.8) is 0 Å². The van der Waals surface area contributed by atoms with E-state index in [9.17, 15) is 4.79 Å². The lowest BCUT2D eigenvalue weighted by molar-refractivity contribution is -0.118. The van der Waals surface area contributed by atoms with Gasteiger partial charge in [-0.15, -0.1) is 0 Å². The Morgan fingerprint density at radius 1 is 1.53 bits per heavy atom. The molecular formula is C12H24N2O. The number of hydrogen-bond donors (Lipinski definition) is 2. The molecule has 3 nitrogen and oxygen atoms in total. The van der Waals surface area contributed by atoms with Crippen LogP contribution in [0, 0.1) is 11.3 Å². The smallest absolute Gasteiger partial charge is 0.218 e. The maximum Gasteiger partial charge on any atom is 0.218 e. The fraction of sp³-hybridized carbons (Fsp3) is 0.917. The van der Waals surface area contributed by atoms with Gasteiger partial charge in [0.1, 0.15) is 0 Å². The summed E-state index contributed by atoms with van der Waals surface area (Å²) in [6, 6.07) is 0.734. The Bertz CT molecular complexity index is 238. The van der Waals surface area contributed by atoms with Crippen molar-refractivity contribution in [3.05, 3.63) is 0 Å². The summed E-state index contributed by atoms with van der Waals surface area (Å²) in [6.07, 6.45) is 2.88. The van der Waals surface area contributed by atoms with Gasteiger partial charge in [-0.05, 0) is 31.1 Å². The zero-order valence-electron chi connectivity index (χ0n) is 10.3. The molecule has 3 atom stereocenters. The van der Waals surface area contributed by atoms with E-state index in [1.807, 2.05) is 6.92 Å². The van der Waals surface area contributed by atoms with Crippen LogP contribution in [0.5, 0.6) is 0 Å². The van der Waals surface area contributed by atoms with Crippen molar-refractivity contribution in [2.45, 2.75) is 59.0 Å². The fourth-order valence-corrected chi connectivity index (χ4v) is 2.84. The van der Waals surface area contributed by atoms with Gasteiger partial charge < -0.3 is 11.1 Å². The van der Waals surface area contributed by atoms with Gasteiger partial charge in [-0.2, -0.15) is 0 Å². The predicted octanol–water partition coefficient (Wildman–Crippen LogP) is 1.66. The van der Waals surface area contributed by atoms with Gasteiger partial charge in [-0.1, -0.05) is 20.8 Å². The summed E-state index contributed by atoms with van der Waals surface area (Å²) in [5.41, 5.74) is 5.61. The fourth-order valence-electron chi connectivity index (χ4n) is 2.84. The van der Waals surface area contributed by atoms with E-state index in [0.29, 0.717) is 23.8 Å². The van der Waals surface area contributed by atoms with Crippen LogP contribution in [-0.4, -0.2) is 18.0 Å². The third-order valence-corrected chi connectivity index (χ3v) is 3.34. The molecule has 0 heterocycles. The summed E-state index contributed by atoms with van der Waals surface area (Å²) < 4.78 is 0. The summed E-state index contributed by atoms with van der Waals surface area (Å²) in [6.45, 7) is 8.93. The summed E-state index contributed by atoms with van der Waals surface area (Å²) in [4.78, 5) is 10.8. The normalized spacial score (nSPS) is 31.5. The molecule has 0 bridgehead atoms. The van der Waals surface area contributed by atoms with Crippen LogP contribution in [0.25, 0.3) is 0 Å². The van der Waals surface area contributed by atoms with E-state index in [0.717, 1.165) is 0 Å². The SMILES string of the molecule is CC(CC(N)=O)NC1CC(C)(C)CC1C. The largest absolute Gasteiger partial charge is 0.370 e. The monoisotopic (exact) mass is 212 g/mol.